The first-order valence-electron chi connectivity index (χ1n) is 4.25. The lowest BCUT2D eigenvalue weighted by Gasteiger charge is -1.98. The number of hydrogen-bond acceptors (Lipinski definition) is 2. The van der Waals surface area contributed by atoms with Crippen molar-refractivity contribution in [2.75, 3.05) is 0 Å². The standard InChI is InChI=1S/C8H10O2.C2H6.CH4/c1-2-6-3-4-7(9)8(10)5-6;1-2;/h3-5,9-10H,2H2,1H3;1-2H3;1H4. The molecular formula is C11H20O2. The predicted octanol–water partition coefficient (Wildman–Crippen LogP) is 3.32. The van der Waals surface area contributed by atoms with Crippen LogP contribution in [0.4, 0.5) is 0 Å². The third-order valence-corrected chi connectivity index (χ3v) is 1.45. The van der Waals surface area contributed by atoms with E-state index in [2.05, 4.69) is 0 Å². The minimum Gasteiger partial charge on any atom is -0.504 e. The van der Waals surface area contributed by atoms with E-state index in [4.69, 9.17) is 10.2 Å². The Labute approximate surface area is 80.9 Å². The lowest BCUT2D eigenvalue weighted by Crippen LogP contribution is -1.77. The Kier molecular flexibility index (Phi) is 8.24. The van der Waals surface area contributed by atoms with Gasteiger partial charge in [-0.1, -0.05) is 34.3 Å². The van der Waals surface area contributed by atoms with Crippen molar-refractivity contribution in [2.45, 2.75) is 34.6 Å². The van der Waals surface area contributed by atoms with Gasteiger partial charge in [-0.05, 0) is 24.1 Å². The van der Waals surface area contributed by atoms with Crippen molar-refractivity contribution in [1.82, 2.24) is 0 Å². The fourth-order valence-electron chi connectivity index (χ4n) is 0.789. The summed E-state index contributed by atoms with van der Waals surface area (Å²) in [4.78, 5) is 0. The molecule has 0 atom stereocenters. The first kappa shape index (κ1) is 14.3. The summed E-state index contributed by atoms with van der Waals surface area (Å²) in [5.41, 5.74) is 1.02. The molecule has 0 aliphatic heterocycles. The number of rotatable bonds is 1. The third kappa shape index (κ3) is 4.41. The maximum absolute atomic E-state index is 8.98. The van der Waals surface area contributed by atoms with E-state index in [1.807, 2.05) is 20.8 Å². The van der Waals surface area contributed by atoms with Crippen molar-refractivity contribution in [3.05, 3.63) is 23.8 Å². The molecular weight excluding hydrogens is 164 g/mol. The van der Waals surface area contributed by atoms with Gasteiger partial charge in [-0.3, -0.25) is 0 Å². The summed E-state index contributed by atoms with van der Waals surface area (Å²) in [6.45, 7) is 5.99. The van der Waals surface area contributed by atoms with Gasteiger partial charge >= 0.3 is 0 Å². The number of aryl methyl sites for hydroxylation is 1. The Morgan fingerprint density at radius 2 is 1.62 bits per heavy atom. The Morgan fingerprint density at radius 1 is 1.08 bits per heavy atom. The van der Waals surface area contributed by atoms with Crippen molar-refractivity contribution in [2.24, 2.45) is 0 Å². The zero-order chi connectivity index (χ0) is 9.56. The van der Waals surface area contributed by atoms with Gasteiger partial charge in [0.2, 0.25) is 0 Å². The average Bonchev–Trinajstić information content (AvgIpc) is 2.13. The molecule has 0 heterocycles. The van der Waals surface area contributed by atoms with Crippen LogP contribution in [0.15, 0.2) is 18.2 Å². The Hall–Kier alpha value is -1.18. The maximum Gasteiger partial charge on any atom is 0.157 e. The van der Waals surface area contributed by atoms with Crippen LogP contribution in [0.2, 0.25) is 0 Å². The zero-order valence-electron chi connectivity index (χ0n) is 7.83. The van der Waals surface area contributed by atoms with Crippen LogP contribution in [0.3, 0.4) is 0 Å². The first-order valence-corrected chi connectivity index (χ1v) is 4.25. The van der Waals surface area contributed by atoms with Crippen molar-refractivity contribution >= 4 is 0 Å². The fourth-order valence-corrected chi connectivity index (χ4v) is 0.789. The molecule has 0 aliphatic carbocycles. The molecule has 0 aromatic heterocycles. The minimum absolute atomic E-state index is 0. The first-order chi connectivity index (χ1) is 5.74. The molecule has 0 amide bonds. The van der Waals surface area contributed by atoms with E-state index in [-0.39, 0.29) is 18.9 Å². The fraction of sp³-hybridized carbons (Fsp3) is 0.455. The van der Waals surface area contributed by atoms with E-state index in [9.17, 15) is 0 Å². The van der Waals surface area contributed by atoms with Crippen LogP contribution in [0, 0.1) is 0 Å². The molecule has 0 spiro atoms. The van der Waals surface area contributed by atoms with Gasteiger partial charge in [-0.15, -0.1) is 0 Å². The number of hydrogen-bond donors (Lipinski definition) is 2. The number of aromatic hydroxyl groups is 2. The Bertz CT molecular complexity index is 232. The molecule has 0 fully saturated rings. The van der Waals surface area contributed by atoms with Gasteiger partial charge in [0.05, 0.1) is 0 Å². The van der Waals surface area contributed by atoms with Crippen molar-refractivity contribution in [3.63, 3.8) is 0 Å². The molecule has 1 aromatic carbocycles. The van der Waals surface area contributed by atoms with Gasteiger partial charge in [-0.25, -0.2) is 0 Å². The smallest absolute Gasteiger partial charge is 0.157 e. The van der Waals surface area contributed by atoms with Crippen molar-refractivity contribution in [3.8, 4) is 11.5 Å². The zero-order valence-corrected chi connectivity index (χ0v) is 7.83. The van der Waals surface area contributed by atoms with E-state index < -0.39 is 0 Å². The van der Waals surface area contributed by atoms with E-state index in [1.54, 1.807) is 12.1 Å². The number of benzene rings is 1. The molecule has 0 unspecified atom stereocenters. The summed E-state index contributed by atoms with van der Waals surface area (Å²) in [5.74, 6) is -0.100. The molecule has 0 saturated carbocycles. The van der Waals surface area contributed by atoms with Gasteiger partial charge in [0.25, 0.3) is 0 Å². The summed E-state index contributed by atoms with van der Waals surface area (Å²) in [6, 6.07) is 4.85. The molecule has 13 heavy (non-hydrogen) atoms. The van der Waals surface area contributed by atoms with E-state index in [0.717, 1.165) is 12.0 Å². The van der Waals surface area contributed by atoms with E-state index in [0.29, 0.717) is 0 Å². The van der Waals surface area contributed by atoms with E-state index in [1.165, 1.54) is 6.07 Å². The highest BCUT2D eigenvalue weighted by molar-refractivity contribution is 5.40. The monoisotopic (exact) mass is 184 g/mol. The Morgan fingerprint density at radius 3 is 2.00 bits per heavy atom. The SMILES string of the molecule is C.CC.CCc1ccc(O)c(O)c1. The normalized spacial score (nSPS) is 7.92. The highest BCUT2D eigenvalue weighted by Crippen LogP contribution is 2.24. The van der Waals surface area contributed by atoms with Crippen molar-refractivity contribution < 1.29 is 10.2 Å². The second kappa shape index (κ2) is 7.47. The highest BCUT2D eigenvalue weighted by Gasteiger charge is 1.97. The summed E-state index contributed by atoms with van der Waals surface area (Å²) in [6.07, 6.45) is 0.869. The van der Waals surface area contributed by atoms with Crippen LogP contribution >= 0.6 is 0 Å². The lowest BCUT2D eigenvalue weighted by atomic mass is 10.1. The minimum atomic E-state index is -0.0581. The summed E-state index contributed by atoms with van der Waals surface area (Å²) >= 11 is 0. The summed E-state index contributed by atoms with van der Waals surface area (Å²) in [7, 11) is 0. The number of phenolic OH excluding ortho intramolecular Hbond substituents is 2. The second-order valence-electron chi connectivity index (χ2n) is 2.18. The van der Waals surface area contributed by atoms with Gasteiger partial charge in [0.1, 0.15) is 0 Å². The number of phenols is 2. The van der Waals surface area contributed by atoms with Crippen LogP contribution < -0.4 is 0 Å². The molecule has 0 saturated heterocycles. The predicted molar refractivity (Wildman–Crippen MR) is 57.2 cm³/mol. The average molecular weight is 184 g/mol. The van der Waals surface area contributed by atoms with Crippen LogP contribution in [-0.2, 0) is 6.42 Å². The third-order valence-electron chi connectivity index (χ3n) is 1.45. The molecule has 2 nitrogen and oxygen atoms in total. The second-order valence-corrected chi connectivity index (χ2v) is 2.18. The molecule has 1 aromatic rings. The summed E-state index contributed by atoms with van der Waals surface area (Å²) in [5, 5.41) is 17.9. The van der Waals surface area contributed by atoms with Crippen LogP contribution in [-0.4, -0.2) is 10.2 Å². The quantitative estimate of drug-likeness (QED) is 0.657. The molecule has 76 valence electrons. The topological polar surface area (TPSA) is 40.5 Å². The van der Waals surface area contributed by atoms with Gasteiger partial charge < -0.3 is 10.2 Å². The molecule has 2 heteroatoms. The summed E-state index contributed by atoms with van der Waals surface area (Å²) < 4.78 is 0. The largest absolute Gasteiger partial charge is 0.504 e. The molecule has 0 radical (unpaired) electrons. The molecule has 0 bridgehead atoms. The lowest BCUT2D eigenvalue weighted by molar-refractivity contribution is 0.403. The van der Waals surface area contributed by atoms with Crippen LogP contribution in [0.5, 0.6) is 11.5 Å². The molecule has 0 aliphatic rings. The van der Waals surface area contributed by atoms with Crippen molar-refractivity contribution in [1.29, 1.82) is 0 Å². The maximum atomic E-state index is 8.98. The Balaban J connectivity index is 0. The van der Waals surface area contributed by atoms with Crippen LogP contribution in [0.1, 0.15) is 33.8 Å². The van der Waals surface area contributed by atoms with E-state index >= 15 is 0 Å². The molecule has 2 N–H and O–H groups in total. The molecule has 1 rings (SSSR count). The van der Waals surface area contributed by atoms with Gasteiger partial charge in [0.15, 0.2) is 11.5 Å². The van der Waals surface area contributed by atoms with Gasteiger partial charge in [-0.2, -0.15) is 0 Å². The highest BCUT2D eigenvalue weighted by atomic mass is 16.3. The van der Waals surface area contributed by atoms with Crippen LogP contribution in [0.25, 0.3) is 0 Å². The van der Waals surface area contributed by atoms with Gasteiger partial charge in [0, 0.05) is 0 Å².